The summed E-state index contributed by atoms with van der Waals surface area (Å²) in [5.74, 6) is -3.28. The zero-order chi connectivity index (χ0) is 15.3. The molecular formula is C12H14F2N2O4. The molecule has 1 unspecified atom stereocenters. The van der Waals surface area contributed by atoms with Crippen molar-refractivity contribution in [2.24, 2.45) is 0 Å². The van der Waals surface area contributed by atoms with Crippen molar-refractivity contribution in [3.05, 3.63) is 39.4 Å². The van der Waals surface area contributed by atoms with Crippen LogP contribution in [-0.4, -0.2) is 30.1 Å². The summed E-state index contributed by atoms with van der Waals surface area (Å²) in [6.45, 7) is 4.09. The third kappa shape index (κ3) is 3.95. The zero-order valence-corrected chi connectivity index (χ0v) is 11.0. The topological polar surface area (TPSA) is 81.5 Å². The van der Waals surface area contributed by atoms with E-state index in [-0.39, 0.29) is 6.61 Å². The molecule has 0 heterocycles. The van der Waals surface area contributed by atoms with Gasteiger partial charge in [-0.15, -0.1) is 0 Å². The van der Waals surface area contributed by atoms with E-state index in [0.29, 0.717) is 18.7 Å². The Labute approximate surface area is 113 Å². The van der Waals surface area contributed by atoms with E-state index in [9.17, 15) is 23.7 Å². The van der Waals surface area contributed by atoms with Crippen LogP contribution < -0.4 is 5.32 Å². The van der Waals surface area contributed by atoms with Gasteiger partial charge >= 0.3 is 5.69 Å². The Morgan fingerprint density at radius 2 is 2.10 bits per heavy atom. The lowest BCUT2D eigenvalue weighted by Gasteiger charge is -2.14. The number of carbonyl (C=O) groups is 1. The number of nitro benzene ring substituents is 1. The molecule has 1 amide bonds. The SMILES string of the molecule is CCOCC(C)NC(=O)c1cc(F)c([N+](=O)[O-])cc1F. The molecular weight excluding hydrogens is 274 g/mol. The Kier molecular flexibility index (Phi) is 5.51. The van der Waals surface area contributed by atoms with E-state index in [1.165, 1.54) is 0 Å². The third-order valence-corrected chi connectivity index (χ3v) is 2.43. The average Bonchev–Trinajstić information content (AvgIpc) is 2.38. The number of benzene rings is 1. The first-order chi connectivity index (χ1) is 9.36. The van der Waals surface area contributed by atoms with E-state index in [1.807, 2.05) is 0 Å². The second kappa shape index (κ2) is 6.90. The first kappa shape index (κ1) is 16.0. The zero-order valence-electron chi connectivity index (χ0n) is 11.0. The van der Waals surface area contributed by atoms with E-state index in [1.54, 1.807) is 13.8 Å². The van der Waals surface area contributed by atoms with Gasteiger partial charge in [-0.1, -0.05) is 0 Å². The van der Waals surface area contributed by atoms with Crippen molar-refractivity contribution in [1.29, 1.82) is 0 Å². The van der Waals surface area contributed by atoms with Crippen LogP contribution in [0.4, 0.5) is 14.5 Å². The molecule has 1 atom stereocenters. The van der Waals surface area contributed by atoms with Gasteiger partial charge in [-0.25, -0.2) is 4.39 Å². The summed E-state index contributed by atoms with van der Waals surface area (Å²) in [6.07, 6.45) is 0. The van der Waals surface area contributed by atoms with Gasteiger partial charge in [0.2, 0.25) is 5.82 Å². The molecule has 0 fully saturated rings. The maximum Gasteiger partial charge on any atom is 0.307 e. The van der Waals surface area contributed by atoms with Gasteiger partial charge in [-0.05, 0) is 19.9 Å². The quantitative estimate of drug-likeness (QED) is 0.641. The lowest BCUT2D eigenvalue weighted by Crippen LogP contribution is -2.36. The molecule has 0 saturated heterocycles. The van der Waals surface area contributed by atoms with Crippen molar-refractivity contribution in [2.45, 2.75) is 19.9 Å². The summed E-state index contributed by atoms with van der Waals surface area (Å²) in [5.41, 5.74) is -1.60. The number of nitro groups is 1. The minimum atomic E-state index is -1.26. The summed E-state index contributed by atoms with van der Waals surface area (Å²) in [7, 11) is 0. The highest BCUT2D eigenvalue weighted by molar-refractivity contribution is 5.94. The van der Waals surface area contributed by atoms with E-state index in [0.717, 1.165) is 0 Å². The van der Waals surface area contributed by atoms with Crippen LogP contribution in [0.2, 0.25) is 0 Å². The third-order valence-electron chi connectivity index (χ3n) is 2.43. The number of amides is 1. The molecule has 6 nitrogen and oxygen atoms in total. The van der Waals surface area contributed by atoms with Gasteiger partial charge < -0.3 is 10.1 Å². The maximum atomic E-state index is 13.6. The number of nitrogens with zero attached hydrogens (tertiary/aromatic N) is 1. The number of halogens is 2. The van der Waals surface area contributed by atoms with Crippen LogP contribution in [0.3, 0.4) is 0 Å². The van der Waals surface area contributed by atoms with Gasteiger partial charge in [0, 0.05) is 12.6 Å². The molecule has 1 aromatic rings. The second-order valence-electron chi connectivity index (χ2n) is 4.07. The number of hydrogen-bond acceptors (Lipinski definition) is 4. The maximum absolute atomic E-state index is 13.6. The highest BCUT2D eigenvalue weighted by atomic mass is 19.1. The van der Waals surface area contributed by atoms with Crippen molar-refractivity contribution in [3.8, 4) is 0 Å². The van der Waals surface area contributed by atoms with E-state index >= 15 is 0 Å². The van der Waals surface area contributed by atoms with Gasteiger partial charge in [0.1, 0.15) is 5.82 Å². The number of hydrogen-bond donors (Lipinski definition) is 1. The van der Waals surface area contributed by atoms with Crippen LogP contribution in [0.5, 0.6) is 0 Å². The number of rotatable bonds is 6. The monoisotopic (exact) mass is 288 g/mol. The lowest BCUT2D eigenvalue weighted by molar-refractivity contribution is -0.387. The van der Waals surface area contributed by atoms with E-state index in [4.69, 9.17) is 4.74 Å². The van der Waals surface area contributed by atoms with Gasteiger partial charge in [-0.3, -0.25) is 14.9 Å². The minimum absolute atomic E-state index is 0.222. The standard InChI is InChI=1S/C12H14F2N2O4/c1-3-20-6-7(2)15-12(17)8-4-10(14)11(16(18)19)5-9(8)13/h4-5,7H,3,6H2,1-2H3,(H,15,17). The Bertz CT molecular complexity index is 522. The first-order valence-corrected chi connectivity index (χ1v) is 5.88. The Balaban J connectivity index is 2.89. The molecule has 0 aliphatic heterocycles. The fourth-order valence-electron chi connectivity index (χ4n) is 1.49. The molecule has 0 aliphatic rings. The molecule has 20 heavy (non-hydrogen) atoms. The van der Waals surface area contributed by atoms with Gasteiger partial charge in [0.25, 0.3) is 5.91 Å². The van der Waals surface area contributed by atoms with E-state index in [2.05, 4.69) is 5.32 Å². The number of carbonyl (C=O) groups excluding carboxylic acids is 1. The van der Waals surface area contributed by atoms with Crippen molar-refractivity contribution in [2.75, 3.05) is 13.2 Å². The van der Waals surface area contributed by atoms with Crippen molar-refractivity contribution >= 4 is 11.6 Å². The van der Waals surface area contributed by atoms with Crippen LogP contribution in [-0.2, 0) is 4.74 Å². The van der Waals surface area contributed by atoms with E-state index < -0.39 is 39.8 Å². The molecule has 0 spiro atoms. The minimum Gasteiger partial charge on any atom is -0.380 e. The Morgan fingerprint density at radius 1 is 1.45 bits per heavy atom. The molecule has 1 aromatic carbocycles. The molecule has 0 bridgehead atoms. The summed E-state index contributed by atoms with van der Waals surface area (Å²) in [4.78, 5) is 21.1. The predicted molar refractivity (Wildman–Crippen MR) is 66.4 cm³/mol. The highest BCUT2D eigenvalue weighted by Gasteiger charge is 2.22. The molecule has 110 valence electrons. The Morgan fingerprint density at radius 3 is 2.65 bits per heavy atom. The summed E-state index contributed by atoms with van der Waals surface area (Å²) in [5, 5.41) is 12.8. The second-order valence-corrected chi connectivity index (χ2v) is 4.07. The Hall–Kier alpha value is -2.09. The average molecular weight is 288 g/mol. The molecule has 0 aliphatic carbocycles. The summed E-state index contributed by atoms with van der Waals surface area (Å²) >= 11 is 0. The largest absolute Gasteiger partial charge is 0.380 e. The van der Waals surface area contributed by atoms with Crippen molar-refractivity contribution in [3.63, 3.8) is 0 Å². The molecule has 0 saturated carbocycles. The molecule has 1 N–H and O–H groups in total. The van der Waals surface area contributed by atoms with Gasteiger partial charge in [0.15, 0.2) is 0 Å². The molecule has 0 radical (unpaired) electrons. The lowest BCUT2D eigenvalue weighted by atomic mass is 10.1. The fourth-order valence-corrected chi connectivity index (χ4v) is 1.49. The predicted octanol–water partition coefficient (Wildman–Crippen LogP) is 2.03. The highest BCUT2D eigenvalue weighted by Crippen LogP contribution is 2.21. The number of ether oxygens (including phenoxy) is 1. The van der Waals surface area contributed by atoms with Gasteiger partial charge in [-0.2, -0.15) is 4.39 Å². The molecule has 0 aromatic heterocycles. The van der Waals surface area contributed by atoms with Crippen LogP contribution in [0.25, 0.3) is 0 Å². The molecule has 1 rings (SSSR count). The van der Waals surface area contributed by atoms with Crippen LogP contribution in [0.15, 0.2) is 12.1 Å². The van der Waals surface area contributed by atoms with Crippen LogP contribution >= 0.6 is 0 Å². The summed E-state index contributed by atoms with van der Waals surface area (Å²) in [6, 6.07) is 0.494. The van der Waals surface area contributed by atoms with Crippen LogP contribution in [0, 0.1) is 21.7 Å². The van der Waals surface area contributed by atoms with Crippen LogP contribution in [0.1, 0.15) is 24.2 Å². The van der Waals surface area contributed by atoms with Crippen molar-refractivity contribution < 1.29 is 23.2 Å². The molecule has 8 heteroatoms. The summed E-state index contributed by atoms with van der Waals surface area (Å²) < 4.78 is 32.0. The first-order valence-electron chi connectivity index (χ1n) is 5.88. The normalized spacial score (nSPS) is 12.0. The smallest absolute Gasteiger partial charge is 0.307 e. The number of nitrogens with one attached hydrogen (secondary N) is 1. The van der Waals surface area contributed by atoms with Gasteiger partial charge in [0.05, 0.1) is 23.2 Å². The fraction of sp³-hybridized carbons (Fsp3) is 0.417. The van der Waals surface area contributed by atoms with Crippen molar-refractivity contribution in [1.82, 2.24) is 5.32 Å².